The molecule has 1 aromatic heterocycles. The lowest BCUT2D eigenvalue weighted by Crippen LogP contribution is -2.33. The minimum absolute atomic E-state index is 0.0777. The Kier molecular flexibility index (Phi) is 2.46. The fourth-order valence-electron chi connectivity index (χ4n) is 3.78. The van der Waals surface area contributed by atoms with Crippen LogP contribution >= 0.6 is 15.9 Å². The first-order valence-electron chi connectivity index (χ1n) is 6.77. The van der Waals surface area contributed by atoms with Crippen molar-refractivity contribution < 1.29 is 9.59 Å². The smallest absolute Gasteiger partial charge is 0.239 e. The molecule has 4 unspecified atom stereocenters. The Balaban J connectivity index is 1.76. The first-order chi connectivity index (χ1) is 9.58. The Bertz CT molecular complexity index is 640. The normalized spacial score (nSPS) is 34.2. The molecule has 1 aliphatic heterocycles. The number of halogens is 1. The van der Waals surface area contributed by atoms with E-state index in [9.17, 15) is 9.59 Å². The van der Waals surface area contributed by atoms with Crippen LogP contribution in [-0.4, -0.2) is 16.8 Å². The Morgan fingerprint density at radius 3 is 2.30 bits per heavy atom. The van der Waals surface area contributed by atoms with E-state index in [0.717, 1.165) is 16.6 Å². The van der Waals surface area contributed by atoms with Gasteiger partial charge in [0, 0.05) is 4.47 Å². The maximum atomic E-state index is 12.6. The molecular formula is C15H13BrN2O2. The Morgan fingerprint density at radius 1 is 1.15 bits per heavy atom. The van der Waals surface area contributed by atoms with Gasteiger partial charge >= 0.3 is 0 Å². The van der Waals surface area contributed by atoms with Gasteiger partial charge in [0.05, 0.1) is 17.5 Å². The fraction of sp³-hybridized carbons (Fsp3) is 0.400. The van der Waals surface area contributed by atoms with Gasteiger partial charge in [0.2, 0.25) is 11.8 Å². The molecule has 5 heteroatoms. The standard InChI is InChI=1S/C15H13BrN2O2/c1-7-10(16)4-5-11(17-7)18-14(19)12-8-2-3-9(6-8)13(12)15(18)20/h2-5,8-9,12-13H,6H2,1H3. The van der Waals surface area contributed by atoms with Crippen molar-refractivity contribution in [1.29, 1.82) is 0 Å². The molecule has 0 radical (unpaired) electrons. The molecule has 0 spiro atoms. The molecule has 0 aromatic carbocycles. The molecule has 0 N–H and O–H groups in total. The van der Waals surface area contributed by atoms with Crippen molar-refractivity contribution in [3.8, 4) is 0 Å². The van der Waals surface area contributed by atoms with Crippen molar-refractivity contribution in [2.75, 3.05) is 4.90 Å². The number of fused-ring (bicyclic) bond motifs is 5. The lowest BCUT2D eigenvalue weighted by atomic mass is 9.85. The highest BCUT2D eigenvalue weighted by atomic mass is 79.9. The number of carbonyl (C=O) groups excluding carboxylic acids is 2. The second-order valence-electron chi connectivity index (χ2n) is 5.75. The van der Waals surface area contributed by atoms with Crippen LogP contribution in [0.4, 0.5) is 5.82 Å². The number of amides is 2. The zero-order valence-electron chi connectivity index (χ0n) is 10.9. The number of carbonyl (C=O) groups is 2. The summed E-state index contributed by atoms with van der Waals surface area (Å²) in [7, 11) is 0. The quantitative estimate of drug-likeness (QED) is 0.586. The number of nitrogens with zero attached hydrogens (tertiary/aromatic N) is 2. The van der Waals surface area contributed by atoms with E-state index in [1.807, 2.05) is 13.0 Å². The lowest BCUT2D eigenvalue weighted by Gasteiger charge is -2.16. The second kappa shape index (κ2) is 4.01. The second-order valence-corrected chi connectivity index (χ2v) is 6.60. The highest BCUT2D eigenvalue weighted by molar-refractivity contribution is 9.10. The summed E-state index contributed by atoms with van der Waals surface area (Å²) in [5.41, 5.74) is 0.779. The number of imide groups is 1. The van der Waals surface area contributed by atoms with Gasteiger partial charge in [-0.3, -0.25) is 9.59 Å². The van der Waals surface area contributed by atoms with Gasteiger partial charge < -0.3 is 0 Å². The van der Waals surface area contributed by atoms with Crippen LogP contribution in [-0.2, 0) is 9.59 Å². The number of hydrogen-bond donors (Lipinski definition) is 0. The summed E-state index contributed by atoms with van der Waals surface area (Å²) in [6, 6.07) is 3.56. The van der Waals surface area contributed by atoms with Crippen LogP contribution in [0.15, 0.2) is 28.8 Å². The predicted octanol–water partition coefficient (Wildman–Crippen LogP) is 2.46. The fourth-order valence-corrected chi connectivity index (χ4v) is 4.00. The Labute approximate surface area is 125 Å². The summed E-state index contributed by atoms with van der Waals surface area (Å²) in [6.07, 6.45) is 5.15. The molecule has 2 bridgehead atoms. The van der Waals surface area contributed by atoms with Gasteiger partial charge in [-0.15, -0.1) is 0 Å². The molecule has 102 valence electrons. The topological polar surface area (TPSA) is 50.3 Å². The summed E-state index contributed by atoms with van der Waals surface area (Å²) in [5, 5.41) is 0. The zero-order chi connectivity index (χ0) is 14.0. The molecule has 2 amide bonds. The molecule has 1 aromatic rings. The molecule has 1 saturated heterocycles. The maximum Gasteiger partial charge on any atom is 0.239 e. The third-order valence-electron chi connectivity index (χ3n) is 4.71. The number of hydrogen-bond acceptors (Lipinski definition) is 3. The van der Waals surface area contributed by atoms with Gasteiger partial charge in [-0.25, -0.2) is 9.88 Å². The van der Waals surface area contributed by atoms with Crippen molar-refractivity contribution in [1.82, 2.24) is 4.98 Å². The summed E-state index contributed by atoms with van der Waals surface area (Å²) >= 11 is 3.38. The number of aryl methyl sites for hydroxylation is 1. The maximum absolute atomic E-state index is 12.6. The third-order valence-corrected chi connectivity index (χ3v) is 5.54. The average Bonchev–Trinajstić information content (AvgIpc) is 3.08. The van der Waals surface area contributed by atoms with Gasteiger partial charge in [-0.1, -0.05) is 12.2 Å². The van der Waals surface area contributed by atoms with E-state index in [1.165, 1.54) is 4.90 Å². The van der Waals surface area contributed by atoms with Crippen molar-refractivity contribution >= 4 is 33.6 Å². The minimum Gasteiger partial charge on any atom is -0.274 e. The van der Waals surface area contributed by atoms with Crippen LogP contribution in [0.25, 0.3) is 0 Å². The molecule has 2 heterocycles. The number of allylic oxidation sites excluding steroid dienone is 2. The molecule has 20 heavy (non-hydrogen) atoms. The molecule has 4 rings (SSSR count). The minimum atomic E-state index is -0.164. The summed E-state index contributed by atoms with van der Waals surface area (Å²) < 4.78 is 0.877. The SMILES string of the molecule is Cc1nc(N2C(=O)C3C4C=CC(C4)C3C2=O)ccc1Br. The van der Waals surface area contributed by atoms with Crippen molar-refractivity contribution in [3.63, 3.8) is 0 Å². The monoisotopic (exact) mass is 332 g/mol. The highest BCUT2D eigenvalue weighted by Gasteiger charge is 2.59. The Morgan fingerprint density at radius 2 is 1.75 bits per heavy atom. The van der Waals surface area contributed by atoms with E-state index in [-0.39, 0.29) is 35.5 Å². The van der Waals surface area contributed by atoms with Crippen LogP contribution < -0.4 is 4.90 Å². The van der Waals surface area contributed by atoms with Gasteiger partial charge in [-0.2, -0.15) is 0 Å². The first-order valence-corrected chi connectivity index (χ1v) is 7.56. The van der Waals surface area contributed by atoms with E-state index in [0.29, 0.717) is 5.82 Å². The molecule has 2 fully saturated rings. The van der Waals surface area contributed by atoms with E-state index >= 15 is 0 Å². The molecule has 4 atom stereocenters. The summed E-state index contributed by atoms with van der Waals surface area (Å²) in [4.78, 5) is 30.9. The first kappa shape index (κ1) is 12.3. The van der Waals surface area contributed by atoms with E-state index < -0.39 is 0 Å². The van der Waals surface area contributed by atoms with Crippen molar-refractivity contribution in [2.24, 2.45) is 23.7 Å². The molecule has 2 aliphatic carbocycles. The van der Waals surface area contributed by atoms with E-state index in [4.69, 9.17) is 0 Å². The molecule has 3 aliphatic rings. The lowest BCUT2D eigenvalue weighted by molar-refractivity contribution is -0.123. The molecule has 1 saturated carbocycles. The van der Waals surface area contributed by atoms with Crippen molar-refractivity contribution in [3.05, 3.63) is 34.5 Å². The number of aromatic nitrogens is 1. The molecular weight excluding hydrogens is 320 g/mol. The van der Waals surface area contributed by atoms with Crippen molar-refractivity contribution in [2.45, 2.75) is 13.3 Å². The summed E-state index contributed by atoms with van der Waals surface area (Å²) in [6.45, 7) is 1.85. The number of rotatable bonds is 1. The Hall–Kier alpha value is -1.49. The number of pyridine rings is 1. The van der Waals surface area contributed by atoms with Crippen LogP contribution in [0.3, 0.4) is 0 Å². The zero-order valence-corrected chi connectivity index (χ0v) is 12.5. The van der Waals surface area contributed by atoms with E-state index in [1.54, 1.807) is 6.07 Å². The van der Waals surface area contributed by atoms with Gasteiger partial charge in [0.15, 0.2) is 0 Å². The highest BCUT2D eigenvalue weighted by Crippen LogP contribution is 2.53. The third kappa shape index (κ3) is 1.44. The van der Waals surface area contributed by atoms with Crippen LogP contribution in [0.2, 0.25) is 0 Å². The van der Waals surface area contributed by atoms with E-state index in [2.05, 4.69) is 33.1 Å². The number of anilines is 1. The van der Waals surface area contributed by atoms with Gasteiger partial charge in [-0.05, 0) is 53.2 Å². The van der Waals surface area contributed by atoms with Gasteiger partial charge in [0.1, 0.15) is 5.82 Å². The van der Waals surface area contributed by atoms with Crippen LogP contribution in [0.5, 0.6) is 0 Å². The summed E-state index contributed by atoms with van der Waals surface area (Å²) in [5.74, 6) is 0.448. The average molecular weight is 333 g/mol. The van der Waals surface area contributed by atoms with Gasteiger partial charge in [0.25, 0.3) is 0 Å². The molecule has 4 nitrogen and oxygen atoms in total. The van der Waals surface area contributed by atoms with Crippen LogP contribution in [0, 0.1) is 30.6 Å². The van der Waals surface area contributed by atoms with Crippen LogP contribution in [0.1, 0.15) is 12.1 Å². The predicted molar refractivity (Wildman–Crippen MR) is 76.9 cm³/mol. The largest absolute Gasteiger partial charge is 0.274 e.